The molecule has 0 aliphatic carbocycles. The van der Waals surface area contributed by atoms with Crippen molar-refractivity contribution < 1.29 is 18.0 Å². The highest BCUT2D eigenvalue weighted by Crippen LogP contribution is 2.36. The quantitative estimate of drug-likeness (QED) is 0.313. The Balaban J connectivity index is 1.97. The van der Waals surface area contributed by atoms with Crippen molar-refractivity contribution in [2.24, 2.45) is 5.92 Å². The van der Waals surface area contributed by atoms with Gasteiger partial charge in [-0.25, -0.2) is 0 Å². The largest absolute Gasteiger partial charge is 0.417 e. The molecule has 0 radical (unpaired) electrons. The van der Waals surface area contributed by atoms with Crippen molar-refractivity contribution in [2.45, 2.75) is 58.5 Å². The molecule has 3 aromatic rings. The third-order valence-corrected chi connectivity index (χ3v) is 6.24. The second kappa shape index (κ2) is 10.4. The summed E-state index contributed by atoms with van der Waals surface area (Å²) in [6.07, 6.45) is -3.20. The number of halogens is 3. The van der Waals surface area contributed by atoms with Crippen molar-refractivity contribution in [3.63, 3.8) is 0 Å². The average molecular weight is 453 g/mol. The maximum absolute atomic E-state index is 13.8. The molecule has 33 heavy (non-hydrogen) atoms. The van der Waals surface area contributed by atoms with Crippen molar-refractivity contribution in [3.05, 3.63) is 106 Å². The fourth-order valence-corrected chi connectivity index (χ4v) is 4.44. The Morgan fingerprint density at radius 3 is 2.06 bits per heavy atom. The Bertz CT molecular complexity index is 1080. The molecule has 1 nitrogen and oxygen atoms in total. The smallest absolute Gasteiger partial charge is 0.289 e. The van der Waals surface area contributed by atoms with E-state index in [0.717, 1.165) is 23.6 Å². The maximum Gasteiger partial charge on any atom is 0.417 e. The fraction of sp³-hybridized carbons (Fsp3) is 0.345. The molecular weight excluding hydrogens is 421 g/mol. The number of aryl methyl sites for hydroxylation is 1. The molecule has 1 unspecified atom stereocenters. The second-order valence-electron chi connectivity index (χ2n) is 9.25. The Labute approximate surface area is 194 Å². The zero-order valence-corrected chi connectivity index (χ0v) is 19.6. The van der Waals surface area contributed by atoms with Crippen LogP contribution in [0.2, 0.25) is 0 Å². The fourth-order valence-electron chi connectivity index (χ4n) is 4.44. The Morgan fingerprint density at radius 1 is 0.818 bits per heavy atom. The minimum Gasteiger partial charge on any atom is -0.289 e. The average Bonchev–Trinajstić information content (AvgIpc) is 2.78. The van der Waals surface area contributed by atoms with Gasteiger partial charge in [0.1, 0.15) is 0 Å². The van der Waals surface area contributed by atoms with Crippen LogP contribution in [0.15, 0.2) is 72.8 Å². The van der Waals surface area contributed by atoms with E-state index in [1.165, 1.54) is 17.7 Å². The van der Waals surface area contributed by atoms with Gasteiger partial charge in [0.05, 0.1) is 5.56 Å². The Morgan fingerprint density at radius 2 is 1.45 bits per heavy atom. The van der Waals surface area contributed by atoms with Crippen LogP contribution >= 0.6 is 0 Å². The van der Waals surface area contributed by atoms with E-state index in [9.17, 15) is 18.0 Å². The molecule has 3 aromatic carbocycles. The summed E-state index contributed by atoms with van der Waals surface area (Å²) in [7, 11) is 0. The van der Waals surface area contributed by atoms with Gasteiger partial charge in [-0.05, 0) is 59.4 Å². The van der Waals surface area contributed by atoms with Gasteiger partial charge in [0.15, 0.2) is 5.78 Å². The lowest BCUT2D eigenvalue weighted by atomic mass is 9.83. The van der Waals surface area contributed by atoms with Crippen molar-refractivity contribution in [1.82, 2.24) is 0 Å². The van der Waals surface area contributed by atoms with Gasteiger partial charge in [0.2, 0.25) is 0 Å². The van der Waals surface area contributed by atoms with Crippen LogP contribution in [0.25, 0.3) is 0 Å². The van der Waals surface area contributed by atoms with E-state index in [1.807, 2.05) is 44.2 Å². The summed E-state index contributed by atoms with van der Waals surface area (Å²) < 4.78 is 41.4. The lowest BCUT2D eigenvalue weighted by Gasteiger charge is -2.22. The van der Waals surface area contributed by atoms with E-state index >= 15 is 0 Å². The normalized spacial score (nSPS) is 12.9. The SMILES string of the molecule is CC(C)c1ccccc1C(=O)c1cc(CCC(c2ccccc2)C(C)C)ccc1C(F)(F)F. The van der Waals surface area contributed by atoms with Gasteiger partial charge in [0.25, 0.3) is 0 Å². The number of hydrogen-bond donors (Lipinski definition) is 0. The lowest BCUT2D eigenvalue weighted by molar-refractivity contribution is -0.137. The number of carbonyl (C=O) groups is 1. The highest BCUT2D eigenvalue weighted by atomic mass is 19.4. The molecule has 0 aromatic heterocycles. The van der Waals surface area contributed by atoms with Crippen LogP contribution in [-0.2, 0) is 12.6 Å². The zero-order chi connectivity index (χ0) is 24.2. The van der Waals surface area contributed by atoms with Crippen molar-refractivity contribution in [1.29, 1.82) is 0 Å². The monoisotopic (exact) mass is 452 g/mol. The zero-order valence-electron chi connectivity index (χ0n) is 19.6. The summed E-state index contributed by atoms with van der Waals surface area (Å²) in [6, 6.07) is 21.1. The van der Waals surface area contributed by atoms with E-state index in [4.69, 9.17) is 0 Å². The number of carbonyl (C=O) groups excluding carboxylic acids is 1. The summed E-state index contributed by atoms with van der Waals surface area (Å²) in [5.41, 5.74) is 1.91. The topological polar surface area (TPSA) is 17.1 Å². The number of hydrogen-bond acceptors (Lipinski definition) is 1. The Kier molecular flexibility index (Phi) is 7.78. The first kappa shape index (κ1) is 24.8. The molecule has 0 amide bonds. The van der Waals surface area contributed by atoms with Gasteiger partial charge in [-0.15, -0.1) is 0 Å². The maximum atomic E-state index is 13.8. The van der Waals surface area contributed by atoms with Crippen LogP contribution in [0.3, 0.4) is 0 Å². The summed E-state index contributed by atoms with van der Waals surface area (Å²) in [6.45, 7) is 8.18. The summed E-state index contributed by atoms with van der Waals surface area (Å²) in [5, 5.41) is 0. The minimum atomic E-state index is -4.60. The van der Waals surface area contributed by atoms with E-state index in [0.29, 0.717) is 17.9 Å². The Hall–Kier alpha value is -2.88. The third-order valence-electron chi connectivity index (χ3n) is 6.24. The van der Waals surface area contributed by atoms with Crippen LogP contribution in [0.5, 0.6) is 0 Å². The first-order chi connectivity index (χ1) is 15.6. The summed E-state index contributed by atoms with van der Waals surface area (Å²) >= 11 is 0. The first-order valence-corrected chi connectivity index (χ1v) is 11.5. The second-order valence-corrected chi connectivity index (χ2v) is 9.25. The number of benzene rings is 3. The molecule has 0 spiro atoms. The van der Waals surface area contributed by atoms with E-state index in [1.54, 1.807) is 12.1 Å². The molecule has 0 heterocycles. The van der Waals surface area contributed by atoms with Crippen molar-refractivity contribution in [2.75, 3.05) is 0 Å². The minimum absolute atomic E-state index is 0.0281. The molecule has 0 fully saturated rings. The predicted octanol–water partition coefficient (Wildman–Crippen LogP) is 8.43. The molecule has 0 aliphatic rings. The van der Waals surface area contributed by atoms with Gasteiger partial charge in [0, 0.05) is 11.1 Å². The van der Waals surface area contributed by atoms with Gasteiger partial charge in [-0.2, -0.15) is 13.2 Å². The molecule has 3 rings (SSSR count). The van der Waals surface area contributed by atoms with Crippen molar-refractivity contribution >= 4 is 5.78 Å². The van der Waals surface area contributed by atoms with Gasteiger partial charge in [-0.3, -0.25) is 4.79 Å². The van der Waals surface area contributed by atoms with Crippen LogP contribution < -0.4 is 0 Å². The molecule has 0 N–H and O–H groups in total. The predicted molar refractivity (Wildman–Crippen MR) is 128 cm³/mol. The molecule has 1 atom stereocenters. The van der Waals surface area contributed by atoms with Crippen LogP contribution in [-0.4, -0.2) is 5.78 Å². The third kappa shape index (κ3) is 5.93. The standard InChI is InChI=1S/C29H31F3O/c1-19(2)23(22-10-6-5-7-11-22)16-14-21-15-17-27(29(30,31)32)26(18-21)28(33)25-13-9-8-12-24(25)20(3)4/h5-13,15,17-20,23H,14,16H2,1-4H3. The first-order valence-electron chi connectivity index (χ1n) is 11.5. The molecule has 4 heteroatoms. The summed E-state index contributed by atoms with van der Waals surface area (Å²) in [5.74, 6) is 0.132. The van der Waals surface area contributed by atoms with Crippen LogP contribution in [0.4, 0.5) is 13.2 Å². The molecular formula is C29H31F3O. The molecule has 174 valence electrons. The molecule has 0 saturated heterocycles. The summed E-state index contributed by atoms with van der Waals surface area (Å²) in [4.78, 5) is 13.4. The highest BCUT2D eigenvalue weighted by molar-refractivity contribution is 6.11. The molecule has 0 bridgehead atoms. The molecule has 0 aliphatic heterocycles. The van der Waals surface area contributed by atoms with Gasteiger partial charge < -0.3 is 0 Å². The lowest BCUT2D eigenvalue weighted by Crippen LogP contribution is -2.16. The highest BCUT2D eigenvalue weighted by Gasteiger charge is 2.36. The van der Waals surface area contributed by atoms with Crippen LogP contribution in [0.1, 0.15) is 84.1 Å². The number of rotatable bonds is 8. The van der Waals surface area contributed by atoms with Crippen molar-refractivity contribution in [3.8, 4) is 0 Å². The molecule has 0 saturated carbocycles. The van der Waals surface area contributed by atoms with Crippen LogP contribution in [0, 0.1) is 5.92 Å². The van der Waals surface area contributed by atoms with Gasteiger partial charge in [-0.1, -0.05) is 88.4 Å². The number of ketones is 1. The van der Waals surface area contributed by atoms with Gasteiger partial charge >= 0.3 is 6.18 Å². The van der Waals surface area contributed by atoms with E-state index < -0.39 is 17.5 Å². The van der Waals surface area contributed by atoms with E-state index in [2.05, 4.69) is 26.0 Å². The number of alkyl halides is 3. The van der Waals surface area contributed by atoms with E-state index in [-0.39, 0.29) is 17.4 Å².